The predicted octanol–water partition coefficient (Wildman–Crippen LogP) is -0.679. The van der Waals surface area contributed by atoms with Crippen LogP contribution in [-0.4, -0.2) is 26.0 Å². The van der Waals surface area contributed by atoms with E-state index >= 15 is 0 Å². The molecule has 6 heteroatoms. The molecule has 0 spiro atoms. The molecule has 0 bridgehead atoms. The number of hydrogen-bond donors (Lipinski definition) is 1. The van der Waals surface area contributed by atoms with Crippen molar-refractivity contribution < 1.29 is 14.4 Å². The summed E-state index contributed by atoms with van der Waals surface area (Å²) >= 11 is 0. The van der Waals surface area contributed by atoms with E-state index in [1.165, 1.54) is 17.2 Å². The fraction of sp³-hybridized carbons (Fsp3) is 0.143. The third-order valence-electron chi connectivity index (χ3n) is 1.75. The SMILES string of the molecule is Cc1cc(C(=O)O)cn2nnc[n+]12. The van der Waals surface area contributed by atoms with Crippen LogP contribution in [0, 0.1) is 6.92 Å². The monoisotopic (exact) mass is 179 g/mol. The number of aryl methyl sites for hydroxylation is 1. The van der Waals surface area contributed by atoms with Gasteiger partial charge in [-0.2, -0.15) is 0 Å². The number of aromatic nitrogens is 4. The summed E-state index contributed by atoms with van der Waals surface area (Å²) in [6, 6.07) is 1.56. The van der Waals surface area contributed by atoms with Gasteiger partial charge in [0.15, 0.2) is 5.21 Å². The van der Waals surface area contributed by atoms with Crippen molar-refractivity contribution in [2.75, 3.05) is 0 Å². The normalized spacial score (nSPS) is 10.5. The predicted molar refractivity (Wildman–Crippen MR) is 40.3 cm³/mol. The summed E-state index contributed by atoms with van der Waals surface area (Å²) in [4.78, 5) is 10.6. The maximum absolute atomic E-state index is 10.6. The minimum absolute atomic E-state index is 0.197. The van der Waals surface area contributed by atoms with Crippen LogP contribution < -0.4 is 4.52 Å². The number of nitrogens with zero attached hydrogens (tertiary/aromatic N) is 4. The van der Waals surface area contributed by atoms with E-state index < -0.39 is 5.97 Å². The summed E-state index contributed by atoms with van der Waals surface area (Å²) in [6.07, 6.45) is 2.92. The quantitative estimate of drug-likeness (QED) is 0.589. The highest BCUT2D eigenvalue weighted by molar-refractivity contribution is 5.87. The van der Waals surface area contributed by atoms with Crippen LogP contribution in [0.25, 0.3) is 0 Å². The van der Waals surface area contributed by atoms with Gasteiger partial charge in [-0.05, 0) is 17.6 Å². The molecule has 0 fully saturated rings. The highest BCUT2D eigenvalue weighted by Gasteiger charge is 2.11. The standard InChI is InChI=1S/C7H6N4O2/c1-5-2-6(7(12)13)3-11-9-8-4-10(5)11/h2-4H,1H3/p+1. The van der Waals surface area contributed by atoms with Crippen molar-refractivity contribution in [2.45, 2.75) is 6.92 Å². The Bertz CT molecular complexity index is 476. The molecule has 2 aromatic rings. The lowest BCUT2D eigenvalue weighted by Gasteiger charge is -1.95. The summed E-state index contributed by atoms with van der Waals surface area (Å²) in [5.41, 5.74) is 0.966. The van der Waals surface area contributed by atoms with E-state index in [4.69, 9.17) is 5.11 Å². The van der Waals surface area contributed by atoms with Crippen LogP contribution in [0.4, 0.5) is 0 Å². The van der Waals surface area contributed by atoms with Crippen molar-refractivity contribution in [3.63, 3.8) is 0 Å². The maximum atomic E-state index is 10.6. The lowest BCUT2D eigenvalue weighted by Crippen LogP contribution is -2.32. The largest absolute Gasteiger partial charge is 0.478 e. The first-order valence-electron chi connectivity index (χ1n) is 3.64. The molecule has 0 unspecified atom stereocenters. The van der Waals surface area contributed by atoms with E-state index in [2.05, 4.69) is 10.3 Å². The van der Waals surface area contributed by atoms with Crippen LogP contribution in [0.3, 0.4) is 0 Å². The van der Waals surface area contributed by atoms with Crippen LogP contribution >= 0.6 is 0 Å². The van der Waals surface area contributed by atoms with Crippen molar-refractivity contribution >= 4 is 5.97 Å². The fourth-order valence-corrected chi connectivity index (χ4v) is 1.13. The van der Waals surface area contributed by atoms with Crippen molar-refractivity contribution in [1.82, 2.24) is 14.9 Å². The van der Waals surface area contributed by atoms with Gasteiger partial charge in [0.1, 0.15) is 10.8 Å². The van der Waals surface area contributed by atoms with Crippen LogP contribution in [0.5, 0.6) is 0 Å². The van der Waals surface area contributed by atoms with Gasteiger partial charge >= 0.3 is 5.97 Å². The van der Waals surface area contributed by atoms with E-state index in [1.807, 2.05) is 0 Å². The molecule has 0 atom stereocenters. The minimum atomic E-state index is -0.971. The Hall–Kier alpha value is -1.98. The van der Waals surface area contributed by atoms with E-state index in [0.717, 1.165) is 5.69 Å². The van der Waals surface area contributed by atoms with Crippen molar-refractivity contribution in [3.8, 4) is 0 Å². The molecule has 2 heterocycles. The highest BCUT2D eigenvalue weighted by atomic mass is 16.4. The molecule has 0 aromatic carbocycles. The first kappa shape index (κ1) is 7.66. The molecule has 2 aromatic heterocycles. The Kier molecular flexibility index (Phi) is 1.48. The van der Waals surface area contributed by atoms with Crippen LogP contribution in [0.2, 0.25) is 0 Å². The summed E-state index contributed by atoms with van der Waals surface area (Å²) in [6.45, 7) is 1.79. The molecule has 6 nitrogen and oxygen atoms in total. The number of carboxylic acid groups (broad SMARTS) is 1. The molecule has 0 radical (unpaired) electrons. The van der Waals surface area contributed by atoms with E-state index in [0.29, 0.717) is 0 Å². The van der Waals surface area contributed by atoms with E-state index in [-0.39, 0.29) is 5.56 Å². The van der Waals surface area contributed by atoms with E-state index in [9.17, 15) is 4.79 Å². The Labute approximate surface area is 73.0 Å². The average Bonchev–Trinajstić information content (AvgIpc) is 2.51. The second-order valence-electron chi connectivity index (χ2n) is 2.66. The molecule has 66 valence electrons. The molecule has 0 aliphatic rings. The highest BCUT2D eigenvalue weighted by Crippen LogP contribution is 1.97. The molecule has 0 saturated carbocycles. The lowest BCUT2D eigenvalue weighted by molar-refractivity contribution is -0.630. The van der Waals surface area contributed by atoms with Gasteiger partial charge in [-0.25, -0.2) is 4.79 Å². The van der Waals surface area contributed by atoms with Crippen LogP contribution in [0.1, 0.15) is 16.1 Å². The average molecular weight is 179 g/mol. The van der Waals surface area contributed by atoms with Gasteiger partial charge in [-0.15, -0.1) is 4.52 Å². The minimum Gasteiger partial charge on any atom is -0.478 e. The number of carbonyl (C=O) groups is 1. The zero-order valence-corrected chi connectivity index (χ0v) is 6.88. The number of carboxylic acids is 1. The number of aromatic carboxylic acids is 1. The second-order valence-corrected chi connectivity index (χ2v) is 2.66. The second kappa shape index (κ2) is 2.51. The van der Waals surface area contributed by atoms with Gasteiger partial charge in [0.2, 0.25) is 0 Å². The Morgan fingerprint density at radius 1 is 1.69 bits per heavy atom. The third kappa shape index (κ3) is 1.12. The summed E-state index contributed by atoms with van der Waals surface area (Å²) < 4.78 is 3.02. The summed E-state index contributed by atoms with van der Waals surface area (Å²) in [5.74, 6) is -0.971. The van der Waals surface area contributed by atoms with Crippen LogP contribution in [0.15, 0.2) is 18.6 Å². The molecule has 0 saturated heterocycles. The molecule has 0 aliphatic heterocycles. The summed E-state index contributed by atoms with van der Waals surface area (Å²) in [5, 5.41) is 16.1. The lowest BCUT2D eigenvalue weighted by atomic mass is 10.3. The molecular formula is C7H7N4O2+. The topological polar surface area (TPSA) is 71.6 Å². The van der Waals surface area contributed by atoms with Crippen molar-refractivity contribution in [2.24, 2.45) is 0 Å². The van der Waals surface area contributed by atoms with Gasteiger partial charge in [-0.3, -0.25) is 0 Å². The van der Waals surface area contributed by atoms with Crippen molar-refractivity contribution in [3.05, 3.63) is 29.8 Å². The van der Waals surface area contributed by atoms with Gasteiger partial charge in [-0.1, -0.05) is 0 Å². The third-order valence-corrected chi connectivity index (χ3v) is 1.75. The molecule has 2 rings (SSSR count). The zero-order valence-electron chi connectivity index (χ0n) is 6.88. The number of rotatable bonds is 1. The first-order valence-corrected chi connectivity index (χ1v) is 3.64. The first-order chi connectivity index (χ1) is 6.18. The van der Waals surface area contributed by atoms with Gasteiger partial charge in [0.05, 0.1) is 11.8 Å². The van der Waals surface area contributed by atoms with Crippen molar-refractivity contribution in [1.29, 1.82) is 0 Å². The van der Waals surface area contributed by atoms with Gasteiger partial charge in [0.25, 0.3) is 6.33 Å². The van der Waals surface area contributed by atoms with Gasteiger partial charge in [0, 0.05) is 0 Å². The Balaban J connectivity index is 2.77. The van der Waals surface area contributed by atoms with Crippen LogP contribution in [-0.2, 0) is 0 Å². The number of fused-ring (bicyclic) bond motifs is 1. The Morgan fingerprint density at radius 2 is 2.46 bits per heavy atom. The molecule has 0 aliphatic carbocycles. The molecule has 13 heavy (non-hydrogen) atoms. The van der Waals surface area contributed by atoms with Gasteiger partial charge < -0.3 is 5.11 Å². The number of hydrogen-bond acceptors (Lipinski definition) is 3. The Morgan fingerprint density at radius 3 is 3.15 bits per heavy atom. The fourth-order valence-electron chi connectivity index (χ4n) is 1.13. The summed E-state index contributed by atoms with van der Waals surface area (Å²) in [7, 11) is 0. The molecular weight excluding hydrogens is 172 g/mol. The number of tetrazole rings is 1. The zero-order chi connectivity index (χ0) is 9.42. The van der Waals surface area contributed by atoms with E-state index in [1.54, 1.807) is 17.5 Å². The maximum Gasteiger partial charge on any atom is 0.337 e. The smallest absolute Gasteiger partial charge is 0.337 e. The molecule has 0 amide bonds. The molecule has 1 N–H and O–H groups in total.